The van der Waals surface area contributed by atoms with Gasteiger partial charge in [-0.2, -0.15) is 13.2 Å². The third-order valence-electron chi connectivity index (χ3n) is 6.15. The van der Waals surface area contributed by atoms with Crippen molar-refractivity contribution < 1.29 is 27.9 Å². The molecule has 1 aliphatic heterocycles. The fourth-order valence-electron chi connectivity index (χ4n) is 5.33. The molecule has 1 atom stereocenters. The highest BCUT2D eigenvalue weighted by molar-refractivity contribution is 5.82. The number of hydrogen-bond donors (Lipinski definition) is 3. The summed E-state index contributed by atoms with van der Waals surface area (Å²) in [5, 5.41) is 13.8. The number of aliphatic carboxylic acids is 1. The van der Waals surface area contributed by atoms with Crippen molar-refractivity contribution in [2.45, 2.75) is 63.2 Å². The minimum atomic E-state index is -5.08. The fourth-order valence-corrected chi connectivity index (χ4v) is 5.33. The first-order valence-corrected chi connectivity index (χ1v) is 9.08. The van der Waals surface area contributed by atoms with E-state index in [1.165, 1.54) is 32.1 Å². The quantitative estimate of drug-likeness (QED) is 0.704. The van der Waals surface area contributed by atoms with E-state index in [-0.39, 0.29) is 11.9 Å². The number of halogens is 3. The maximum absolute atomic E-state index is 12.3. The minimum absolute atomic E-state index is 0.0992. The predicted molar refractivity (Wildman–Crippen MR) is 83.7 cm³/mol. The van der Waals surface area contributed by atoms with Crippen molar-refractivity contribution in [3.8, 4) is 0 Å². The fraction of sp³-hybridized carbons (Fsp3) is 0.882. The van der Waals surface area contributed by atoms with Gasteiger partial charge in [-0.3, -0.25) is 4.79 Å². The second kappa shape index (κ2) is 7.13. The van der Waals surface area contributed by atoms with Gasteiger partial charge in [-0.1, -0.05) is 0 Å². The van der Waals surface area contributed by atoms with Crippen molar-refractivity contribution in [3.05, 3.63) is 0 Å². The van der Waals surface area contributed by atoms with E-state index in [0.717, 1.165) is 43.1 Å². The second-order valence-corrected chi connectivity index (χ2v) is 7.92. The normalized spacial score (nSPS) is 38.8. The second-order valence-electron chi connectivity index (χ2n) is 7.92. The lowest BCUT2D eigenvalue weighted by atomic mass is 9.54. The third-order valence-corrected chi connectivity index (χ3v) is 6.15. The molecule has 0 aromatic heterocycles. The highest BCUT2D eigenvalue weighted by Gasteiger charge is 2.48. The molecule has 5 aliphatic rings. The molecule has 4 bridgehead atoms. The van der Waals surface area contributed by atoms with E-state index in [0.29, 0.717) is 6.04 Å². The molecule has 1 saturated heterocycles. The minimum Gasteiger partial charge on any atom is -0.475 e. The van der Waals surface area contributed by atoms with E-state index in [1.54, 1.807) is 0 Å². The Bertz CT molecular complexity index is 490. The average Bonchev–Trinajstić information content (AvgIpc) is 3.04. The summed E-state index contributed by atoms with van der Waals surface area (Å²) in [6.45, 7) is 1.01. The zero-order chi connectivity index (χ0) is 18.2. The van der Waals surface area contributed by atoms with Crippen molar-refractivity contribution in [2.75, 3.05) is 6.54 Å². The molecule has 25 heavy (non-hydrogen) atoms. The van der Waals surface area contributed by atoms with Gasteiger partial charge in [0, 0.05) is 6.04 Å². The van der Waals surface area contributed by atoms with Crippen LogP contribution in [-0.4, -0.2) is 41.8 Å². The summed E-state index contributed by atoms with van der Waals surface area (Å²) in [5.74, 6) is 1.10. The first-order valence-electron chi connectivity index (χ1n) is 9.08. The monoisotopic (exact) mass is 362 g/mol. The van der Waals surface area contributed by atoms with Gasteiger partial charge in [-0.25, -0.2) is 4.79 Å². The number of carbonyl (C=O) groups excluding carboxylic acids is 1. The molecule has 0 aromatic rings. The predicted octanol–water partition coefficient (Wildman–Crippen LogP) is 2.31. The van der Waals surface area contributed by atoms with E-state index in [4.69, 9.17) is 9.90 Å². The van der Waals surface area contributed by atoms with Crippen LogP contribution in [0.3, 0.4) is 0 Å². The third kappa shape index (κ3) is 4.27. The number of carboxylic acids is 1. The summed E-state index contributed by atoms with van der Waals surface area (Å²) in [6.07, 6.45) is 4.12. The summed E-state index contributed by atoms with van der Waals surface area (Å²) in [5.41, 5.74) is 0. The number of hydrogen-bond acceptors (Lipinski definition) is 3. The standard InChI is InChI=1S/C15H24N2O.C2HF3O2/c18-15(13-2-1-3-16-13)17-14-11-5-9-4-10(7-11)8-12(14)6-9;3-2(4,5)1(6)7/h9-14,16H,1-8H2,(H,17,18);(H,6,7). The van der Waals surface area contributed by atoms with Crippen molar-refractivity contribution >= 4 is 11.9 Å². The van der Waals surface area contributed by atoms with Crippen molar-refractivity contribution in [3.63, 3.8) is 0 Å². The molecule has 0 radical (unpaired) electrons. The Morgan fingerprint density at radius 3 is 1.92 bits per heavy atom. The molecule has 5 fully saturated rings. The topological polar surface area (TPSA) is 78.4 Å². The maximum Gasteiger partial charge on any atom is 0.490 e. The molecule has 142 valence electrons. The van der Waals surface area contributed by atoms with Gasteiger partial charge in [0.05, 0.1) is 6.04 Å². The number of carboxylic acid groups (broad SMARTS) is 1. The van der Waals surface area contributed by atoms with Crippen LogP contribution in [0.2, 0.25) is 0 Å². The molecule has 4 aliphatic carbocycles. The summed E-state index contributed by atoms with van der Waals surface area (Å²) < 4.78 is 31.7. The molecule has 3 N–H and O–H groups in total. The zero-order valence-electron chi connectivity index (χ0n) is 14.0. The molecule has 1 unspecified atom stereocenters. The molecule has 1 amide bonds. The van der Waals surface area contributed by atoms with Crippen LogP contribution in [0.25, 0.3) is 0 Å². The summed E-state index contributed by atoms with van der Waals surface area (Å²) in [6, 6.07) is 0.606. The van der Waals surface area contributed by atoms with Gasteiger partial charge in [-0.15, -0.1) is 0 Å². The Morgan fingerprint density at radius 2 is 1.52 bits per heavy atom. The van der Waals surface area contributed by atoms with Crippen LogP contribution in [0.5, 0.6) is 0 Å². The van der Waals surface area contributed by atoms with Gasteiger partial charge in [0.15, 0.2) is 0 Å². The van der Waals surface area contributed by atoms with Gasteiger partial charge >= 0.3 is 12.1 Å². The Kier molecular flexibility index (Phi) is 5.27. The first kappa shape index (κ1) is 18.5. The summed E-state index contributed by atoms with van der Waals surface area (Å²) in [7, 11) is 0. The van der Waals surface area contributed by atoms with E-state index in [9.17, 15) is 18.0 Å². The van der Waals surface area contributed by atoms with E-state index in [2.05, 4.69) is 10.6 Å². The molecule has 1 heterocycles. The van der Waals surface area contributed by atoms with E-state index < -0.39 is 12.1 Å². The Hall–Kier alpha value is -1.31. The largest absolute Gasteiger partial charge is 0.490 e. The van der Waals surface area contributed by atoms with Crippen molar-refractivity contribution in [1.82, 2.24) is 10.6 Å². The van der Waals surface area contributed by atoms with Crippen LogP contribution in [0.15, 0.2) is 0 Å². The van der Waals surface area contributed by atoms with E-state index >= 15 is 0 Å². The first-order chi connectivity index (χ1) is 11.7. The maximum atomic E-state index is 12.3. The Morgan fingerprint density at radius 1 is 1.00 bits per heavy atom. The average molecular weight is 362 g/mol. The molecule has 0 spiro atoms. The van der Waals surface area contributed by atoms with Crippen LogP contribution in [0, 0.1) is 23.7 Å². The highest BCUT2D eigenvalue weighted by Crippen LogP contribution is 2.53. The Balaban J connectivity index is 0.000000225. The van der Waals surface area contributed by atoms with Crippen LogP contribution in [0.1, 0.15) is 44.9 Å². The van der Waals surface area contributed by atoms with Gasteiger partial charge in [0.1, 0.15) is 0 Å². The molecular weight excluding hydrogens is 337 g/mol. The number of carbonyl (C=O) groups is 2. The Labute approximate surface area is 144 Å². The molecular formula is C17H25F3N2O3. The molecule has 8 heteroatoms. The molecule has 5 rings (SSSR count). The lowest BCUT2D eigenvalue weighted by molar-refractivity contribution is -0.192. The van der Waals surface area contributed by atoms with Gasteiger partial charge < -0.3 is 15.7 Å². The highest BCUT2D eigenvalue weighted by atomic mass is 19.4. The molecule has 5 nitrogen and oxygen atoms in total. The van der Waals surface area contributed by atoms with Gasteiger partial charge in [0.2, 0.25) is 5.91 Å². The smallest absolute Gasteiger partial charge is 0.475 e. The van der Waals surface area contributed by atoms with Crippen LogP contribution in [0.4, 0.5) is 13.2 Å². The van der Waals surface area contributed by atoms with Crippen LogP contribution >= 0.6 is 0 Å². The van der Waals surface area contributed by atoms with Crippen LogP contribution < -0.4 is 10.6 Å². The number of amides is 1. The van der Waals surface area contributed by atoms with Gasteiger partial charge in [0.25, 0.3) is 0 Å². The van der Waals surface area contributed by atoms with Crippen molar-refractivity contribution in [1.29, 1.82) is 0 Å². The number of alkyl halides is 3. The number of nitrogens with one attached hydrogen (secondary N) is 2. The molecule has 0 aromatic carbocycles. The lowest BCUT2D eigenvalue weighted by Gasteiger charge is -2.54. The number of rotatable bonds is 2. The van der Waals surface area contributed by atoms with Gasteiger partial charge in [-0.05, 0) is 75.2 Å². The zero-order valence-corrected chi connectivity index (χ0v) is 14.0. The summed E-state index contributed by atoms with van der Waals surface area (Å²) in [4.78, 5) is 21.2. The SMILES string of the molecule is O=C(NC1C2CC3CC(C2)CC1C3)C1CCCN1.O=C(O)C(F)(F)F. The van der Waals surface area contributed by atoms with E-state index in [1.807, 2.05) is 0 Å². The lowest BCUT2D eigenvalue weighted by Crippen LogP contribution is -2.58. The summed E-state index contributed by atoms with van der Waals surface area (Å²) >= 11 is 0. The van der Waals surface area contributed by atoms with Crippen LogP contribution in [-0.2, 0) is 9.59 Å². The van der Waals surface area contributed by atoms with Crippen molar-refractivity contribution in [2.24, 2.45) is 23.7 Å². The molecule has 4 saturated carbocycles.